The van der Waals surface area contributed by atoms with Crippen LogP contribution in [0.4, 0.5) is 11.4 Å². The Morgan fingerprint density at radius 3 is 2.73 bits per heavy atom. The summed E-state index contributed by atoms with van der Waals surface area (Å²) in [7, 11) is 1.71. The lowest BCUT2D eigenvalue weighted by Gasteiger charge is -2.19. The van der Waals surface area contributed by atoms with Crippen molar-refractivity contribution >= 4 is 39.9 Å². The monoisotopic (exact) mass is 405 g/mol. The van der Waals surface area contributed by atoms with E-state index in [9.17, 15) is 14.4 Å². The Morgan fingerprint density at radius 1 is 1.17 bits per heavy atom. The lowest BCUT2D eigenvalue weighted by molar-refractivity contribution is -0.122. The van der Waals surface area contributed by atoms with E-state index in [1.54, 1.807) is 35.7 Å². The number of carbonyl (C=O) groups excluding carboxylic acids is 3. The molecule has 7 nitrogen and oxygen atoms in total. The summed E-state index contributed by atoms with van der Waals surface area (Å²) in [5.74, 6) is -1.24. The number of benzene rings is 2. The highest BCUT2D eigenvalue weighted by atomic mass is 16.5. The average molecular weight is 405 g/mol. The van der Waals surface area contributed by atoms with Crippen molar-refractivity contribution in [3.63, 3.8) is 0 Å². The number of aromatic nitrogens is 1. The molecule has 1 saturated heterocycles. The van der Waals surface area contributed by atoms with E-state index in [0.717, 1.165) is 16.5 Å². The Morgan fingerprint density at radius 2 is 1.93 bits per heavy atom. The molecular formula is C23H23N3O4. The minimum absolute atomic E-state index is 0.0771. The van der Waals surface area contributed by atoms with E-state index in [1.807, 2.05) is 42.5 Å². The number of rotatable bonds is 5. The number of ether oxygens (including phenoxy) is 1. The molecule has 4 rings (SSSR count). The Bertz CT molecular complexity index is 1130. The number of nitrogens with one attached hydrogen (secondary N) is 1. The van der Waals surface area contributed by atoms with Gasteiger partial charge in [0.05, 0.1) is 23.9 Å². The molecule has 1 N–H and O–H groups in total. The first-order valence-electron chi connectivity index (χ1n) is 9.90. The molecule has 154 valence electrons. The summed E-state index contributed by atoms with van der Waals surface area (Å²) in [6.07, 6.45) is 1.80. The third-order valence-electron chi connectivity index (χ3n) is 5.31. The van der Waals surface area contributed by atoms with Gasteiger partial charge < -0.3 is 19.5 Å². The lowest BCUT2D eigenvalue weighted by Crippen LogP contribution is -2.28. The zero-order chi connectivity index (χ0) is 21.3. The Labute approximate surface area is 174 Å². The van der Waals surface area contributed by atoms with E-state index in [1.165, 1.54) is 0 Å². The Kier molecular flexibility index (Phi) is 5.27. The highest BCUT2D eigenvalue weighted by Crippen LogP contribution is 2.32. The van der Waals surface area contributed by atoms with Crippen LogP contribution in [0.2, 0.25) is 0 Å². The predicted octanol–water partition coefficient (Wildman–Crippen LogP) is 3.35. The van der Waals surface area contributed by atoms with Gasteiger partial charge in [0, 0.05) is 31.6 Å². The van der Waals surface area contributed by atoms with E-state index in [-0.39, 0.29) is 24.8 Å². The van der Waals surface area contributed by atoms with Crippen LogP contribution in [0.25, 0.3) is 10.8 Å². The number of carbonyl (C=O) groups is 3. The average Bonchev–Trinajstić information content (AvgIpc) is 3.30. The van der Waals surface area contributed by atoms with Gasteiger partial charge >= 0.3 is 5.97 Å². The molecule has 0 aliphatic carbocycles. The van der Waals surface area contributed by atoms with Gasteiger partial charge in [-0.15, -0.1) is 0 Å². The van der Waals surface area contributed by atoms with Gasteiger partial charge in [0.1, 0.15) is 5.69 Å². The summed E-state index contributed by atoms with van der Waals surface area (Å²) in [4.78, 5) is 39.1. The summed E-state index contributed by atoms with van der Waals surface area (Å²) in [5, 5.41) is 4.86. The number of amides is 2. The SMILES string of the molecule is CCOC(=O)c1cc(NC(=O)C2CC(=O)N(c3cccc4ccccc34)C2)cn1C. The summed E-state index contributed by atoms with van der Waals surface area (Å²) < 4.78 is 6.62. The van der Waals surface area contributed by atoms with Crippen LogP contribution in [0.5, 0.6) is 0 Å². The van der Waals surface area contributed by atoms with Gasteiger partial charge in [-0.1, -0.05) is 36.4 Å². The van der Waals surface area contributed by atoms with Crippen molar-refractivity contribution in [1.29, 1.82) is 0 Å². The van der Waals surface area contributed by atoms with Crippen molar-refractivity contribution in [2.24, 2.45) is 13.0 Å². The maximum Gasteiger partial charge on any atom is 0.355 e. The second-order valence-electron chi connectivity index (χ2n) is 7.34. The van der Waals surface area contributed by atoms with Crippen molar-refractivity contribution in [2.75, 3.05) is 23.4 Å². The van der Waals surface area contributed by atoms with Gasteiger partial charge in [0.2, 0.25) is 11.8 Å². The van der Waals surface area contributed by atoms with Crippen LogP contribution in [0.15, 0.2) is 54.7 Å². The summed E-state index contributed by atoms with van der Waals surface area (Å²) in [6.45, 7) is 2.33. The maximum absolute atomic E-state index is 12.8. The van der Waals surface area contributed by atoms with Crippen LogP contribution in [-0.4, -0.2) is 35.5 Å². The smallest absolute Gasteiger partial charge is 0.355 e. The highest BCUT2D eigenvalue weighted by molar-refractivity contribution is 6.08. The first-order valence-corrected chi connectivity index (χ1v) is 9.90. The third kappa shape index (κ3) is 3.66. The number of aryl methyl sites for hydroxylation is 1. The molecular weight excluding hydrogens is 382 g/mol. The zero-order valence-electron chi connectivity index (χ0n) is 16.9. The number of hydrogen-bond donors (Lipinski definition) is 1. The fourth-order valence-corrected chi connectivity index (χ4v) is 3.84. The van der Waals surface area contributed by atoms with Gasteiger partial charge in [-0.25, -0.2) is 4.79 Å². The molecule has 1 atom stereocenters. The second-order valence-corrected chi connectivity index (χ2v) is 7.34. The molecule has 0 radical (unpaired) electrons. The normalized spacial score (nSPS) is 16.1. The fourth-order valence-electron chi connectivity index (χ4n) is 3.84. The van der Waals surface area contributed by atoms with Crippen LogP contribution >= 0.6 is 0 Å². The molecule has 0 bridgehead atoms. The number of anilines is 2. The Balaban J connectivity index is 1.50. The highest BCUT2D eigenvalue weighted by Gasteiger charge is 2.36. The zero-order valence-corrected chi connectivity index (χ0v) is 16.9. The fraction of sp³-hybridized carbons (Fsp3) is 0.261. The lowest BCUT2D eigenvalue weighted by atomic mass is 10.1. The molecule has 7 heteroatoms. The van der Waals surface area contributed by atoms with Crippen LogP contribution < -0.4 is 10.2 Å². The van der Waals surface area contributed by atoms with Crippen LogP contribution in [0, 0.1) is 5.92 Å². The number of esters is 1. The van der Waals surface area contributed by atoms with Crippen molar-refractivity contribution in [3.05, 3.63) is 60.4 Å². The first kappa shape index (κ1) is 19.7. The van der Waals surface area contributed by atoms with E-state index < -0.39 is 11.9 Å². The largest absolute Gasteiger partial charge is 0.461 e. The molecule has 1 aliphatic rings. The molecule has 1 aliphatic heterocycles. The maximum atomic E-state index is 12.8. The molecule has 1 aromatic heterocycles. The summed E-state index contributed by atoms with van der Waals surface area (Å²) >= 11 is 0. The van der Waals surface area contributed by atoms with Gasteiger partial charge in [-0.05, 0) is 24.4 Å². The molecule has 2 aromatic carbocycles. The molecule has 1 unspecified atom stereocenters. The van der Waals surface area contributed by atoms with E-state index in [0.29, 0.717) is 17.9 Å². The minimum atomic E-state index is -0.470. The second kappa shape index (κ2) is 8.02. The first-order chi connectivity index (χ1) is 14.5. The number of nitrogens with zero attached hydrogens (tertiary/aromatic N) is 2. The molecule has 2 heterocycles. The quantitative estimate of drug-likeness (QED) is 0.660. The summed E-state index contributed by atoms with van der Waals surface area (Å²) in [5.41, 5.74) is 1.67. The number of hydrogen-bond acceptors (Lipinski definition) is 4. The topological polar surface area (TPSA) is 80.6 Å². The van der Waals surface area contributed by atoms with E-state index in [2.05, 4.69) is 5.32 Å². The van der Waals surface area contributed by atoms with Crippen molar-refractivity contribution in [1.82, 2.24) is 4.57 Å². The van der Waals surface area contributed by atoms with Crippen molar-refractivity contribution < 1.29 is 19.1 Å². The van der Waals surface area contributed by atoms with Crippen LogP contribution in [-0.2, 0) is 21.4 Å². The van der Waals surface area contributed by atoms with Gasteiger partial charge in [0.25, 0.3) is 0 Å². The Hall–Kier alpha value is -3.61. The molecule has 0 saturated carbocycles. The molecule has 30 heavy (non-hydrogen) atoms. The van der Waals surface area contributed by atoms with Gasteiger partial charge in [-0.2, -0.15) is 0 Å². The summed E-state index contributed by atoms with van der Waals surface area (Å²) in [6, 6.07) is 15.3. The van der Waals surface area contributed by atoms with Gasteiger partial charge in [0.15, 0.2) is 0 Å². The molecule has 0 spiro atoms. The molecule has 3 aromatic rings. The molecule has 2 amide bonds. The van der Waals surface area contributed by atoms with E-state index in [4.69, 9.17) is 4.74 Å². The van der Waals surface area contributed by atoms with Gasteiger partial charge in [-0.3, -0.25) is 9.59 Å². The minimum Gasteiger partial charge on any atom is -0.461 e. The number of fused-ring (bicyclic) bond motifs is 1. The predicted molar refractivity (Wildman–Crippen MR) is 114 cm³/mol. The van der Waals surface area contributed by atoms with Crippen molar-refractivity contribution in [3.8, 4) is 0 Å². The van der Waals surface area contributed by atoms with Crippen LogP contribution in [0.3, 0.4) is 0 Å². The van der Waals surface area contributed by atoms with Crippen LogP contribution in [0.1, 0.15) is 23.8 Å². The standard InChI is InChI=1S/C23H23N3O4/c1-3-30-23(29)20-12-17(14-25(20)2)24-22(28)16-11-21(27)26(13-16)19-10-6-8-15-7-4-5-9-18(15)19/h4-10,12,14,16H,3,11,13H2,1-2H3,(H,24,28). The van der Waals surface area contributed by atoms with Crippen molar-refractivity contribution in [2.45, 2.75) is 13.3 Å². The third-order valence-corrected chi connectivity index (χ3v) is 5.31. The van der Waals surface area contributed by atoms with E-state index >= 15 is 0 Å². The molecule has 1 fully saturated rings.